The van der Waals surface area contributed by atoms with Gasteiger partial charge in [-0.15, -0.1) is 0 Å². The molecule has 0 spiro atoms. The van der Waals surface area contributed by atoms with Crippen LogP contribution >= 0.6 is 11.6 Å². The first-order chi connectivity index (χ1) is 7.24. The summed E-state index contributed by atoms with van der Waals surface area (Å²) in [6, 6.07) is 7.36. The summed E-state index contributed by atoms with van der Waals surface area (Å²) in [7, 11) is 0. The minimum Gasteiger partial charge on any atom is -0.367 e. The fraction of sp³-hybridized carbons (Fsp3) is 0. The molecule has 0 aliphatic carbocycles. The Hall–Kier alpha value is -1.81. The molecule has 0 unspecified atom stereocenters. The van der Waals surface area contributed by atoms with E-state index in [4.69, 9.17) is 21.9 Å². The third kappa shape index (κ3) is 1.22. The molecule has 2 aromatic heterocycles. The van der Waals surface area contributed by atoms with Crippen molar-refractivity contribution in [2.75, 3.05) is 5.73 Å². The maximum Gasteiger partial charge on any atom is 0.231 e. The summed E-state index contributed by atoms with van der Waals surface area (Å²) in [6.07, 6.45) is 0. The van der Waals surface area contributed by atoms with Gasteiger partial charge >= 0.3 is 0 Å². The maximum absolute atomic E-state index is 5.87. The van der Waals surface area contributed by atoms with E-state index in [0.29, 0.717) is 10.7 Å². The number of anilines is 1. The Bertz CT molecular complexity index is 662. The van der Waals surface area contributed by atoms with E-state index < -0.39 is 0 Å². The van der Waals surface area contributed by atoms with Gasteiger partial charge in [0.05, 0.1) is 10.9 Å². The zero-order chi connectivity index (χ0) is 10.4. The number of halogens is 1. The van der Waals surface area contributed by atoms with Crippen molar-refractivity contribution in [2.24, 2.45) is 0 Å². The minimum atomic E-state index is 0.286. The Morgan fingerprint density at radius 1 is 1.27 bits per heavy atom. The average molecular weight is 220 g/mol. The monoisotopic (exact) mass is 219 g/mol. The molecule has 0 saturated carbocycles. The van der Waals surface area contributed by atoms with Crippen LogP contribution in [0.15, 0.2) is 28.8 Å². The highest BCUT2D eigenvalue weighted by Crippen LogP contribution is 2.25. The van der Waals surface area contributed by atoms with Gasteiger partial charge in [0, 0.05) is 10.4 Å². The summed E-state index contributed by atoms with van der Waals surface area (Å²) in [6.45, 7) is 0. The molecule has 2 N–H and O–H groups in total. The first-order valence-corrected chi connectivity index (χ1v) is 4.73. The van der Waals surface area contributed by atoms with E-state index in [9.17, 15) is 0 Å². The van der Waals surface area contributed by atoms with Gasteiger partial charge < -0.3 is 10.3 Å². The van der Waals surface area contributed by atoms with E-state index in [1.54, 1.807) is 12.1 Å². The molecule has 0 fully saturated rings. The fourth-order valence-corrected chi connectivity index (χ4v) is 1.69. The summed E-state index contributed by atoms with van der Waals surface area (Å²) < 4.78 is 4.85. The lowest BCUT2D eigenvalue weighted by molar-refractivity contribution is 0.443. The number of nitrogens with two attached hydrogens (primary N) is 1. The van der Waals surface area contributed by atoms with Crippen LogP contribution < -0.4 is 5.73 Å². The van der Waals surface area contributed by atoms with E-state index in [0.717, 1.165) is 16.3 Å². The summed E-state index contributed by atoms with van der Waals surface area (Å²) >= 11 is 5.87. The molecule has 2 heterocycles. The van der Waals surface area contributed by atoms with Crippen molar-refractivity contribution >= 4 is 39.4 Å². The third-order valence-electron chi connectivity index (χ3n) is 2.26. The highest BCUT2D eigenvalue weighted by atomic mass is 35.5. The van der Waals surface area contributed by atoms with Crippen molar-refractivity contribution in [3.8, 4) is 0 Å². The molecule has 0 radical (unpaired) electrons. The van der Waals surface area contributed by atoms with E-state index in [-0.39, 0.29) is 5.88 Å². The van der Waals surface area contributed by atoms with E-state index >= 15 is 0 Å². The number of hydrogen-bond acceptors (Lipinski definition) is 4. The molecular weight excluding hydrogens is 214 g/mol. The van der Waals surface area contributed by atoms with Crippen LogP contribution in [0.5, 0.6) is 0 Å². The van der Waals surface area contributed by atoms with Crippen molar-refractivity contribution in [3.05, 3.63) is 29.3 Å². The molecule has 74 valence electrons. The predicted octanol–water partition coefficient (Wildman–Crippen LogP) is 2.61. The highest BCUT2D eigenvalue weighted by molar-refractivity contribution is 6.31. The SMILES string of the molecule is Nc1onc2nc3cc(Cl)ccc3cc12. The number of rotatable bonds is 0. The van der Waals surface area contributed by atoms with Gasteiger partial charge in [-0.05, 0) is 18.2 Å². The normalized spacial score (nSPS) is 11.3. The Labute approximate surface area is 89.6 Å². The molecule has 1 aromatic carbocycles. The van der Waals surface area contributed by atoms with Gasteiger partial charge in [0.1, 0.15) is 0 Å². The lowest BCUT2D eigenvalue weighted by Gasteiger charge is -1.96. The van der Waals surface area contributed by atoms with Gasteiger partial charge in [0.2, 0.25) is 11.5 Å². The van der Waals surface area contributed by atoms with E-state index in [2.05, 4.69) is 10.1 Å². The van der Waals surface area contributed by atoms with Crippen LogP contribution in [0.3, 0.4) is 0 Å². The Morgan fingerprint density at radius 2 is 2.13 bits per heavy atom. The van der Waals surface area contributed by atoms with Crippen LogP contribution in [0.2, 0.25) is 5.02 Å². The second-order valence-corrected chi connectivity index (χ2v) is 3.68. The number of nitrogens with zero attached hydrogens (tertiary/aromatic N) is 2. The van der Waals surface area contributed by atoms with Gasteiger partial charge in [-0.25, -0.2) is 4.98 Å². The van der Waals surface area contributed by atoms with Crippen LogP contribution in [-0.2, 0) is 0 Å². The van der Waals surface area contributed by atoms with Crippen molar-refractivity contribution < 1.29 is 4.52 Å². The Balaban J connectivity index is 2.49. The minimum absolute atomic E-state index is 0.286. The van der Waals surface area contributed by atoms with Crippen LogP contribution in [0.1, 0.15) is 0 Å². The lowest BCUT2D eigenvalue weighted by atomic mass is 10.2. The van der Waals surface area contributed by atoms with Crippen LogP contribution in [0.4, 0.5) is 5.88 Å². The Kier molecular flexibility index (Phi) is 1.61. The fourth-order valence-electron chi connectivity index (χ4n) is 1.52. The first kappa shape index (κ1) is 8.49. The smallest absolute Gasteiger partial charge is 0.231 e. The first-order valence-electron chi connectivity index (χ1n) is 4.35. The van der Waals surface area contributed by atoms with Gasteiger partial charge in [-0.1, -0.05) is 22.8 Å². The number of aromatic nitrogens is 2. The quantitative estimate of drug-likeness (QED) is 0.631. The molecule has 3 aromatic rings. The average Bonchev–Trinajstić information content (AvgIpc) is 2.57. The van der Waals surface area contributed by atoms with Crippen molar-refractivity contribution in [2.45, 2.75) is 0 Å². The Morgan fingerprint density at radius 3 is 3.00 bits per heavy atom. The molecular formula is C10H6ClN3O. The molecule has 0 amide bonds. The number of pyridine rings is 1. The molecule has 0 aliphatic heterocycles. The largest absolute Gasteiger partial charge is 0.367 e. The standard InChI is InChI=1S/C10H6ClN3O/c11-6-2-1-5-3-7-9(12)15-14-10(7)13-8(5)4-6/h1-4H,12H2. The molecule has 0 atom stereocenters. The zero-order valence-corrected chi connectivity index (χ0v) is 8.32. The molecule has 5 heteroatoms. The number of fused-ring (bicyclic) bond motifs is 2. The number of nitrogen functional groups attached to an aromatic ring is 1. The van der Waals surface area contributed by atoms with Crippen LogP contribution in [-0.4, -0.2) is 10.1 Å². The van der Waals surface area contributed by atoms with Crippen molar-refractivity contribution in [3.63, 3.8) is 0 Å². The van der Waals surface area contributed by atoms with Gasteiger partial charge in [0.25, 0.3) is 0 Å². The molecule has 0 aliphatic rings. The molecule has 0 bridgehead atoms. The highest BCUT2D eigenvalue weighted by Gasteiger charge is 2.07. The molecule has 15 heavy (non-hydrogen) atoms. The molecule has 3 rings (SSSR count). The van der Waals surface area contributed by atoms with Crippen LogP contribution in [0.25, 0.3) is 21.9 Å². The van der Waals surface area contributed by atoms with Gasteiger partial charge in [-0.3, -0.25) is 0 Å². The second kappa shape index (κ2) is 2.84. The topological polar surface area (TPSA) is 64.9 Å². The van der Waals surface area contributed by atoms with Gasteiger partial charge in [0.15, 0.2) is 0 Å². The lowest BCUT2D eigenvalue weighted by Crippen LogP contribution is -1.83. The van der Waals surface area contributed by atoms with Crippen molar-refractivity contribution in [1.82, 2.24) is 10.1 Å². The van der Waals surface area contributed by atoms with Crippen molar-refractivity contribution in [1.29, 1.82) is 0 Å². The summed E-state index contributed by atoms with van der Waals surface area (Å²) in [5.74, 6) is 0.286. The van der Waals surface area contributed by atoms with E-state index in [1.807, 2.05) is 12.1 Å². The summed E-state index contributed by atoms with van der Waals surface area (Å²) in [4.78, 5) is 4.29. The zero-order valence-electron chi connectivity index (χ0n) is 7.57. The van der Waals surface area contributed by atoms with Gasteiger partial charge in [-0.2, -0.15) is 0 Å². The molecule has 4 nitrogen and oxygen atoms in total. The summed E-state index contributed by atoms with van der Waals surface area (Å²) in [5.41, 5.74) is 6.88. The third-order valence-corrected chi connectivity index (χ3v) is 2.49. The number of hydrogen-bond donors (Lipinski definition) is 1. The maximum atomic E-state index is 5.87. The molecule has 0 saturated heterocycles. The van der Waals surface area contributed by atoms with Crippen LogP contribution in [0, 0.1) is 0 Å². The number of benzene rings is 1. The second-order valence-electron chi connectivity index (χ2n) is 3.24. The van der Waals surface area contributed by atoms with E-state index in [1.165, 1.54) is 0 Å². The summed E-state index contributed by atoms with van der Waals surface area (Å²) in [5, 5.41) is 6.07. The predicted molar refractivity (Wildman–Crippen MR) is 58.7 cm³/mol.